The highest BCUT2D eigenvalue weighted by molar-refractivity contribution is 7.99. The Morgan fingerprint density at radius 3 is 2.94 bits per heavy atom. The largest absolute Gasteiger partial charge is 0.312 e. The summed E-state index contributed by atoms with van der Waals surface area (Å²) in [7, 11) is 0. The first-order valence-corrected chi connectivity index (χ1v) is 7.51. The molecule has 0 aromatic carbocycles. The van der Waals surface area contributed by atoms with Gasteiger partial charge in [-0.2, -0.15) is 11.8 Å². The summed E-state index contributed by atoms with van der Waals surface area (Å²) in [5, 5.41) is 3.59. The van der Waals surface area contributed by atoms with Crippen LogP contribution in [0.3, 0.4) is 0 Å². The van der Waals surface area contributed by atoms with Crippen molar-refractivity contribution < 1.29 is 0 Å². The van der Waals surface area contributed by atoms with Gasteiger partial charge in [0.25, 0.3) is 0 Å². The van der Waals surface area contributed by atoms with E-state index in [-0.39, 0.29) is 0 Å². The molecule has 0 spiro atoms. The molecule has 90 valence electrons. The Kier molecular flexibility index (Phi) is 5.02. The zero-order valence-corrected chi connectivity index (χ0v) is 10.8. The van der Waals surface area contributed by atoms with Gasteiger partial charge >= 0.3 is 0 Å². The highest BCUT2D eigenvalue weighted by atomic mass is 32.2. The van der Waals surface area contributed by atoms with E-state index < -0.39 is 0 Å². The second kappa shape index (κ2) is 6.54. The van der Waals surface area contributed by atoms with Crippen molar-refractivity contribution in [2.24, 2.45) is 5.92 Å². The molecule has 16 heavy (non-hydrogen) atoms. The van der Waals surface area contributed by atoms with E-state index in [2.05, 4.69) is 27.9 Å². The maximum atomic E-state index is 5.42. The number of nitrogens with one attached hydrogen (secondary N) is 1. The maximum Gasteiger partial charge on any atom is 0.0599 e. The quantitative estimate of drug-likeness (QED) is 0.705. The van der Waals surface area contributed by atoms with Crippen molar-refractivity contribution in [3.63, 3.8) is 0 Å². The number of nitrogens with zero attached hydrogens (tertiary/aromatic N) is 1. The van der Waals surface area contributed by atoms with Gasteiger partial charge in [-0.1, -0.05) is 5.92 Å². The molecule has 0 bridgehead atoms. The van der Waals surface area contributed by atoms with Gasteiger partial charge in [-0.25, -0.2) is 0 Å². The summed E-state index contributed by atoms with van der Waals surface area (Å²) in [6.45, 7) is 4.40. The number of thioether (sulfide) groups is 1. The molecule has 2 aliphatic rings. The predicted octanol–water partition coefficient (Wildman–Crippen LogP) is 1.43. The molecule has 1 aliphatic heterocycles. The summed E-state index contributed by atoms with van der Waals surface area (Å²) in [5.74, 6) is 6.28. The predicted molar refractivity (Wildman–Crippen MR) is 71.7 cm³/mol. The van der Waals surface area contributed by atoms with Crippen LogP contribution in [0.1, 0.15) is 19.3 Å². The van der Waals surface area contributed by atoms with Gasteiger partial charge in [-0.05, 0) is 25.2 Å². The van der Waals surface area contributed by atoms with Gasteiger partial charge in [-0.15, -0.1) is 6.42 Å². The Morgan fingerprint density at radius 2 is 2.31 bits per heavy atom. The smallest absolute Gasteiger partial charge is 0.0599 e. The van der Waals surface area contributed by atoms with Gasteiger partial charge < -0.3 is 5.32 Å². The fourth-order valence-electron chi connectivity index (χ4n) is 2.17. The van der Waals surface area contributed by atoms with Crippen molar-refractivity contribution in [3.05, 3.63) is 0 Å². The molecular weight excluding hydrogens is 216 g/mol. The van der Waals surface area contributed by atoms with E-state index in [1.165, 1.54) is 50.4 Å². The summed E-state index contributed by atoms with van der Waals surface area (Å²) in [6.07, 6.45) is 9.50. The second-order valence-electron chi connectivity index (χ2n) is 4.90. The molecule has 0 radical (unpaired) electrons. The zero-order valence-electron chi connectivity index (χ0n) is 9.95. The Bertz CT molecular complexity index is 239. The Balaban J connectivity index is 1.65. The minimum Gasteiger partial charge on any atom is -0.312 e. The summed E-state index contributed by atoms with van der Waals surface area (Å²) >= 11 is 2.07. The first-order chi connectivity index (χ1) is 7.88. The molecule has 2 fully saturated rings. The van der Waals surface area contributed by atoms with E-state index in [4.69, 9.17) is 6.42 Å². The molecule has 1 atom stereocenters. The summed E-state index contributed by atoms with van der Waals surface area (Å²) in [6, 6.07) is 0.707. The monoisotopic (exact) mass is 238 g/mol. The molecular formula is C13H22N2S. The highest BCUT2D eigenvalue weighted by Crippen LogP contribution is 2.29. The lowest BCUT2D eigenvalue weighted by molar-refractivity contribution is 0.277. The van der Waals surface area contributed by atoms with E-state index in [0.29, 0.717) is 6.04 Å². The SMILES string of the molecule is C#CCN(CCC1CSCCN1)CC1CC1. The molecule has 2 nitrogen and oxygen atoms in total. The lowest BCUT2D eigenvalue weighted by Gasteiger charge is -2.26. The van der Waals surface area contributed by atoms with Crippen LogP contribution in [0.5, 0.6) is 0 Å². The normalized spacial score (nSPS) is 25.6. The third-order valence-electron chi connectivity index (χ3n) is 3.32. The average Bonchev–Trinajstić information content (AvgIpc) is 3.12. The van der Waals surface area contributed by atoms with E-state index >= 15 is 0 Å². The molecule has 1 aliphatic carbocycles. The van der Waals surface area contributed by atoms with Crippen LogP contribution < -0.4 is 5.32 Å². The van der Waals surface area contributed by atoms with E-state index in [0.717, 1.165) is 12.5 Å². The molecule has 1 unspecified atom stereocenters. The van der Waals surface area contributed by atoms with Crippen LogP contribution in [0, 0.1) is 18.3 Å². The summed E-state index contributed by atoms with van der Waals surface area (Å²) < 4.78 is 0. The lowest BCUT2D eigenvalue weighted by Crippen LogP contribution is -2.40. The first-order valence-electron chi connectivity index (χ1n) is 6.35. The highest BCUT2D eigenvalue weighted by Gasteiger charge is 2.24. The average molecular weight is 238 g/mol. The minimum atomic E-state index is 0.707. The van der Waals surface area contributed by atoms with Crippen molar-refractivity contribution in [2.45, 2.75) is 25.3 Å². The molecule has 3 heteroatoms. The van der Waals surface area contributed by atoms with Crippen molar-refractivity contribution in [1.82, 2.24) is 10.2 Å². The standard InChI is InChI=1S/C13H22N2S/c1-2-7-15(10-12-3-4-12)8-5-13-11-16-9-6-14-13/h1,12-14H,3-11H2. The molecule has 0 aromatic heterocycles. The second-order valence-corrected chi connectivity index (χ2v) is 6.05. The number of terminal acetylenes is 1. The van der Waals surface area contributed by atoms with Gasteiger partial charge in [0.2, 0.25) is 0 Å². The van der Waals surface area contributed by atoms with Gasteiger partial charge in [0.1, 0.15) is 0 Å². The summed E-state index contributed by atoms with van der Waals surface area (Å²) in [4.78, 5) is 2.46. The molecule has 0 amide bonds. The molecule has 1 N–H and O–H groups in total. The van der Waals surface area contributed by atoms with Gasteiger partial charge in [-0.3, -0.25) is 4.90 Å². The Labute approximate surface area is 104 Å². The fraction of sp³-hybridized carbons (Fsp3) is 0.846. The van der Waals surface area contributed by atoms with Crippen molar-refractivity contribution in [2.75, 3.05) is 37.7 Å². The van der Waals surface area contributed by atoms with Crippen molar-refractivity contribution in [1.29, 1.82) is 0 Å². The van der Waals surface area contributed by atoms with Crippen LogP contribution >= 0.6 is 11.8 Å². The third-order valence-corrected chi connectivity index (χ3v) is 4.45. The number of rotatable bonds is 6. The Hall–Kier alpha value is -0.170. The van der Waals surface area contributed by atoms with E-state index in [1.54, 1.807) is 0 Å². The molecule has 0 aromatic rings. The van der Waals surface area contributed by atoms with Crippen molar-refractivity contribution >= 4 is 11.8 Å². The number of hydrogen-bond acceptors (Lipinski definition) is 3. The van der Waals surface area contributed by atoms with Crippen LogP contribution in [0.2, 0.25) is 0 Å². The zero-order chi connectivity index (χ0) is 11.2. The van der Waals surface area contributed by atoms with E-state index in [9.17, 15) is 0 Å². The Morgan fingerprint density at radius 1 is 1.44 bits per heavy atom. The molecule has 1 saturated heterocycles. The lowest BCUT2D eigenvalue weighted by atomic mass is 10.2. The molecule has 2 rings (SSSR count). The van der Waals surface area contributed by atoms with Crippen LogP contribution in [-0.2, 0) is 0 Å². The summed E-state index contributed by atoms with van der Waals surface area (Å²) in [5.41, 5.74) is 0. The van der Waals surface area contributed by atoms with Crippen LogP contribution in [0.25, 0.3) is 0 Å². The van der Waals surface area contributed by atoms with Crippen molar-refractivity contribution in [3.8, 4) is 12.3 Å². The first kappa shape index (κ1) is 12.3. The molecule has 1 heterocycles. The van der Waals surface area contributed by atoms with E-state index in [1.807, 2.05) is 0 Å². The van der Waals surface area contributed by atoms with Gasteiger partial charge in [0, 0.05) is 37.2 Å². The van der Waals surface area contributed by atoms with Gasteiger partial charge in [0.05, 0.1) is 6.54 Å². The van der Waals surface area contributed by atoms with Crippen LogP contribution in [0.4, 0.5) is 0 Å². The number of hydrogen-bond donors (Lipinski definition) is 1. The molecule has 1 saturated carbocycles. The van der Waals surface area contributed by atoms with Crippen LogP contribution in [0.15, 0.2) is 0 Å². The topological polar surface area (TPSA) is 15.3 Å². The van der Waals surface area contributed by atoms with Crippen LogP contribution in [-0.4, -0.2) is 48.6 Å². The van der Waals surface area contributed by atoms with Gasteiger partial charge in [0.15, 0.2) is 0 Å². The maximum absolute atomic E-state index is 5.42. The third kappa shape index (κ3) is 4.37. The fourth-order valence-corrected chi connectivity index (χ4v) is 3.17. The minimum absolute atomic E-state index is 0.707.